The topological polar surface area (TPSA) is 57.4 Å². The molecule has 2 aromatic heterocycles. The molecule has 7 nitrogen and oxygen atoms in total. The molecule has 0 amide bonds. The molecule has 0 unspecified atom stereocenters. The Hall–Kier alpha value is -3.19. The smallest absolute Gasteiger partial charge is 0.200 e. The third-order valence-electron chi connectivity index (χ3n) is 6.62. The van der Waals surface area contributed by atoms with Crippen molar-refractivity contribution in [1.29, 1.82) is 0 Å². The molecule has 1 N–H and O–H groups in total. The fourth-order valence-electron chi connectivity index (χ4n) is 4.41. The van der Waals surface area contributed by atoms with Crippen LogP contribution in [0.15, 0.2) is 61.2 Å². The van der Waals surface area contributed by atoms with Crippen LogP contribution in [0.1, 0.15) is 31.2 Å². The van der Waals surface area contributed by atoms with E-state index in [1.165, 1.54) is 18.4 Å². The molecular weight excluding hydrogens is 412 g/mol. The van der Waals surface area contributed by atoms with Crippen molar-refractivity contribution in [2.75, 3.05) is 51.2 Å². The first kappa shape index (κ1) is 23.0. The van der Waals surface area contributed by atoms with Gasteiger partial charge in [0.1, 0.15) is 17.9 Å². The van der Waals surface area contributed by atoms with Crippen molar-refractivity contribution in [3.63, 3.8) is 0 Å². The Labute approximate surface area is 197 Å². The maximum atomic E-state index is 5.50. The molecule has 0 spiro atoms. The quantitative estimate of drug-likeness (QED) is 0.535. The van der Waals surface area contributed by atoms with E-state index < -0.39 is 0 Å². The van der Waals surface area contributed by atoms with Crippen LogP contribution in [0, 0.1) is 0 Å². The number of para-hydroxylation sites is 1. The summed E-state index contributed by atoms with van der Waals surface area (Å²) in [6.07, 6.45) is 8.24. The van der Waals surface area contributed by atoms with Crippen LogP contribution in [0.4, 0.5) is 5.82 Å². The number of aromatic nitrogens is 3. The third kappa shape index (κ3) is 5.60. The summed E-state index contributed by atoms with van der Waals surface area (Å²) in [7, 11) is 6.08. The van der Waals surface area contributed by atoms with E-state index in [0.29, 0.717) is 6.04 Å². The molecule has 1 atom stereocenters. The molecule has 1 fully saturated rings. The fourth-order valence-corrected chi connectivity index (χ4v) is 4.41. The van der Waals surface area contributed by atoms with Crippen LogP contribution in [0.25, 0.3) is 11.3 Å². The molecule has 33 heavy (non-hydrogen) atoms. The second-order valence-corrected chi connectivity index (χ2v) is 8.89. The summed E-state index contributed by atoms with van der Waals surface area (Å²) in [6, 6.07) is 15.0. The summed E-state index contributed by atoms with van der Waals surface area (Å²) >= 11 is 0. The first-order valence-corrected chi connectivity index (χ1v) is 11.7. The van der Waals surface area contributed by atoms with Gasteiger partial charge < -0.3 is 15.0 Å². The molecule has 1 aliphatic heterocycles. The summed E-state index contributed by atoms with van der Waals surface area (Å²) in [5.41, 5.74) is 3.17. The van der Waals surface area contributed by atoms with Crippen molar-refractivity contribution < 1.29 is 9.41 Å². The van der Waals surface area contributed by atoms with Gasteiger partial charge in [-0.15, -0.1) is 0 Å². The van der Waals surface area contributed by atoms with Gasteiger partial charge in [0.15, 0.2) is 12.4 Å². The van der Waals surface area contributed by atoms with Crippen LogP contribution in [0.5, 0.6) is 5.75 Å². The first-order valence-electron chi connectivity index (χ1n) is 11.7. The van der Waals surface area contributed by atoms with Crippen LogP contribution >= 0.6 is 0 Å². The monoisotopic (exact) mass is 447 g/mol. The van der Waals surface area contributed by atoms with Gasteiger partial charge >= 0.3 is 0 Å². The molecule has 3 aromatic rings. The van der Waals surface area contributed by atoms with Gasteiger partial charge in [-0.05, 0) is 44.6 Å². The standard InChI is InChI=1S/C26H35N6O/c1-20(23-7-5-6-8-25(23)33-4)18-27-26-17-24(28-19-29-26)21-9-15-32(16-10-21)31(3)22-11-13-30(2)14-12-22/h5-10,15-17,19-20,22H,11-14,18H2,1-4H3,(H,27,28,29)/q+1/t20-/m1/s1. The SMILES string of the molecule is COc1ccccc1[C@H](C)CNc1cc(-c2cc[n+](N(C)C3CCN(C)CC3)cc2)ncn1. The number of methoxy groups -OCH3 is 1. The van der Waals surface area contributed by atoms with Gasteiger partial charge in [-0.3, -0.25) is 0 Å². The van der Waals surface area contributed by atoms with Crippen molar-refractivity contribution in [1.82, 2.24) is 14.9 Å². The number of hydrogen-bond donors (Lipinski definition) is 1. The van der Waals surface area contributed by atoms with Gasteiger partial charge in [-0.25, -0.2) is 9.97 Å². The minimum absolute atomic E-state index is 0.283. The van der Waals surface area contributed by atoms with E-state index in [1.807, 2.05) is 24.3 Å². The zero-order valence-corrected chi connectivity index (χ0v) is 20.1. The molecule has 3 heterocycles. The number of piperidine rings is 1. The maximum absolute atomic E-state index is 5.50. The summed E-state index contributed by atoms with van der Waals surface area (Å²) in [4.78, 5) is 11.3. The average molecular weight is 448 g/mol. The molecule has 174 valence electrons. The van der Waals surface area contributed by atoms with Crippen LogP contribution < -0.4 is 19.7 Å². The first-order chi connectivity index (χ1) is 16.0. The van der Waals surface area contributed by atoms with E-state index in [0.717, 1.165) is 42.5 Å². The van der Waals surface area contributed by atoms with E-state index in [-0.39, 0.29) is 5.92 Å². The lowest BCUT2D eigenvalue weighted by Gasteiger charge is -2.32. The van der Waals surface area contributed by atoms with Crippen LogP contribution in [0.2, 0.25) is 0 Å². The lowest BCUT2D eigenvalue weighted by molar-refractivity contribution is -0.694. The van der Waals surface area contributed by atoms with Gasteiger partial charge in [-0.2, -0.15) is 5.01 Å². The highest BCUT2D eigenvalue weighted by Crippen LogP contribution is 2.26. The Morgan fingerprint density at radius 2 is 1.88 bits per heavy atom. The average Bonchev–Trinajstić information content (AvgIpc) is 2.87. The zero-order valence-electron chi connectivity index (χ0n) is 20.1. The predicted molar refractivity (Wildman–Crippen MR) is 132 cm³/mol. The summed E-state index contributed by atoms with van der Waals surface area (Å²) in [5, 5.41) is 5.79. The van der Waals surface area contributed by atoms with Crippen molar-refractivity contribution >= 4 is 5.82 Å². The molecule has 1 aromatic carbocycles. The van der Waals surface area contributed by atoms with E-state index in [4.69, 9.17) is 4.74 Å². The number of likely N-dealkylation sites (tertiary alicyclic amines) is 1. The zero-order chi connectivity index (χ0) is 23.2. The minimum atomic E-state index is 0.283. The van der Waals surface area contributed by atoms with Crippen LogP contribution in [0.3, 0.4) is 0 Å². The lowest BCUT2D eigenvalue weighted by Crippen LogP contribution is -2.61. The van der Waals surface area contributed by atoms with Crippen molar-refractivity contribution in [2.24, 2.45) is 0 Å². The molecule has 0 bridgehead atoms. The number of pyridine rings is 1. The molecule has 0 saturated carbocycles. The highest BCUT2D eigenvalue weighted by atomic mass is 16.5. The number of ether oxygens (including phenoxy) is 1. The van der Waals surface area contributed by atoms with E-state index >= 15 is 0 Å². The maximum Gasteiger partial charge on any atom is 0.200 e. The largest absolute Gasteiger partial charge is 0.496 e. The fraction of sp³-hybridized carbons (Fsp3) is 0.423. The second kappa shape index (κ2) is 10.6. The van der Waals surface area contributed by atoms with Gasteiger partial charge in [0, 0.05) is 36.2 Å². The third-order valence-corrected chi connectivity index (χ3v) is 6.62. The van der Waals surface area contributed by atoms with Gasteiger partial charge in [-0.1, -0.05) is 29.8 Å². The Morgan fingerprint density at radius 3 is 2.61 bits per heavy atom. The Balaban J connectivity index is 1.40. The van der Waals surface area contributed by atoms with Crippen LogP contribution in [-0.4, -0.2) is 61.7 Å². The van der Waals surface area contributed by atoms with Gasteiger partial charge in [0.25, 0.3) is 0 Å². The van der Waals surface area contributed by atoms with Crippen molar-refractivity contribution in [3.8, 4) is 17.0 Å². The number of nitrogens with zero attached hydrogens (tertiary/aromatic N) is 5. The predicted octanol–water partition coefficient (Wildman–Crippen LogP) is 3.32. The molecule has 0 radical (unpaired) electrons. The van der Waals surface area contributed by atoms with Crippen LogP contribution in [-0.2, 0) is 0 Å². The highest BCUT2D eigenvalue weighted by molar-refractivity contribution is 5.61. The van der Waals surface area contributed by atoms with E-state index in [1.54, 1.807) is 13.4 Å². The minimum Gasteiger partial charge on any atom is -0.496 e. The Kier molecular flexibility index (Phi) is 7.40. The Morgan fingerprint density at radius 1 is 1.15 bits per heavy atom. The molecule has 1 aliphatic rings. The number of hydrogen-bond acceptors (Lipinski definition) is 6. The molecule has 4 rings (SSSR count). The summed E-state index contributed by atoms with van der Waals surface area (Å²) in [5.74, 6) is 2.02. The summed E-state index contributed by atoms with van der Waals surface area (Å²) in [6.45, 7) is 5.25. The number of anilines is 1. The van der Waals surface area contributed by atoms with Gasteiger partial charge in [0.2, 0.25) is 0 Å². The molecule has 0 aliphatic carbocycles. The molecular formula is C26H35N6O+. The number of nitrogens with one attached hydrogen (secondary N) is 1. The summed E-state index contributed by atoms with van der Waals surface area (Å²) < 4.78 is 7.68. The second-order valence-electron chi connectivity index (χ2n) is 8.89. The molecule has 1 saturated heterocycles. The van der Waals surface area contributed by atoms with E-state index in [2.05, 4.69) is 81.5 Å². The number of benzene rings is 1. The van der Waals surface area contributed by atoms with Gasteiger partial charge in [0.05, 0.1) is 25.9 Å². The lowest BCUT2D eigenvalue weighted by atomic mass is 10.00. The normalized spacial score (nSPS) is 15.8. The number of rotatable bonds is 8. The molecule has 7 heteroatoms. The van der Waals surface area contributed by atoms with Crippen molar-refractivity contribution in [2.45, 2.75) is 31.7 Å². The highest BCUT2D eigenvalue weighted by Gasteiger charge is 2.25. The Bertz CT molecular complexity index is 1030. The van der Waals surface area contributed by atoms with E-state index in [9.17, 15) is 0 Å². The van der Waals surface area contributed by atoms with Crippen molar-refractivity contribution in [3.05, 3.63) is 66.7 Å².